The number of carboxylic acid groups (broad SMARTS) is 2. The Hall–Kier alpha value is -2.88. The van der Waals surface area contributed by atoms with E-state index in [0.717, 1.165) is 12.8 Å². The molecule has 0 bridgehead atoms. The Morgan fingerprint density at radius 2 is 1.55 bits per heavy atom. The van der Waals surface area contributed by atoms with E-state index in [-0.39, 0.29) is 42.7 Å². The monoisotopic (exact) mass is 470 g/mol. The molecule has 2 heterocycles. The summed E-state index contributed by atoms with van der Waals surface area (Å²) in [6, 6.07) is 0. The van der Waals surface area contributed by atoms with E-state index in [0.29, 0.717) is 12.0 Å². The number of carbonyl (C=O) groups excluding carboxylic acids is 2. The number of hydrogen-bond donors (Lipinski definition) is 3. The first-order valence-corrected chi connectivity index (χ1v) is 11.0. The molecule has 0 saturated carbocycles. The van der Waals surface area contributed by atoms with E-state index < -0.39 is 17.8 Å². The highest BCUT2D eigenvalue weighted by Crippen LogP contribution is 2.26. The Balaban J connectivity index is 0.000000705. The number of aliphatic carboxylic acids is 2. The number of ether oxygens (including phenoxy) is 2. The molecule has 33 heavy (non-hydrogen) atoms. The zero-order valence-corrected chi connectivity index (χ0v) is 20.3. The molecule has 2 atom stereocenters. The van der Waals surface area contributed by atoms with E-state index in [1.807, 2.05) is 17.2 Å². The summed E-state index contributed by atoms with van der Waals surface area (Å²) >= 11 is 0. The number of nitrogens with two attached hydrogens (primary N) is 1. The number of allylic oxidation sites excluding steroid dienone is 1. The molecule has 2 aliphatic heterocycles. The minimum absolute atomic E-state index is 0.0987. The zero-order chi connectivity index (χ0) is 25.7. The number of primary amides is 1. The topological polar surface area (TPSA) is 156 Å². The number of rotatable bonds is 7. The van der Waals surface area contributed by atoms with Crippen LogP contribution in [-0.4, -0.2) is 57.9 Å². The molecule has 4 N–H and O–H groups in total. The van der Waals surface area contributed by atoms with Crippen molar-refractivity contribution in [1.82, 2.24) is 4.90 Å². The van der Waals surface area contributed by atoms with Gasteiger partial charge in [0.2, 0.25) is 5.91 Å². The number of hydrogen-bond acceptors (Lipinski definition) is 7. The van der Waals surface area contributed by atoms with Crippen molar-refractivity contribution >= 4 is 23.8 Å². The molecule has 0 aromatic heterocycles. The standard InChI is InChI=1S/C15H22N2O4.2C4H8O2/c1-10(2)15(19)20-9-12-5-6-13(21-12)17-7-3-4-11(8-17)14(16)18;2*1-3(2)4(5)6/h3,7-8,10,12-13H,4-6,9H2,1-2H3,(H2,16,18);2*3H,1-2H3,(H,5,6)/t12-,13+;;/m0../s1. The van der Waals surface area contributed by atoms with Gasteiger partial charge in [-0.05, 0) is 19.3 Å². The molecule has 1 saturated heterocycles. The smallest absolute Gasteiger partial charge is 0.308 e. The van der Waals surface area contributed by atoms with Crippen molar-refractivity contribution < 1.29 is 38.9 Å². The first-order valence-electron chi connectivity index (χ1n) is 11.0. The maximum absolute atomic E-state index is 11.4. The van der Waals surface area contributed by atoms with Crippen LogP contribution in [0, 0.1) is 17.8 Å². The Morgan fingerprint density at radius 3 is 1.97 bits per heavy atom. The minimum atomic E-state index is -0.741. The van der Waals surface area contributed by atoms with Gasteiger partial charge in [-0.25, -0.2) is 0 Å². The first kappa shape index (κ1) is 30.1. The van der Waals surface area contributed by atoms with Crippen LogP contribution >= 0.6 is 0 Å². The molecule has 2 rings (SSSR count). The molecule has 10 heteroatoms. The number of carboxylic acids is 2. The molecule has 0 spiro atoms. The average molecular weight is 471 g/mol. The molecular formula is C23H38N2O8. The first-order chi connectivity index (χ1) is 15.3. The molecule has 188 valence electrons. The van der Waals surface area contributed by atoms with Gasteiger partial charge >= 0.3 is 17.9 Å². The summed E-state index contributed by atoms with van der Waals surface area (Å²) < 4.78 is 11.1. The molecule has 0 aliphatic carbocycles. The van der Waals surface area contributed by atoms with Crippen molar-refractivity contribution in [3.63, 3.8) is 0 Å². The number of nitrogens with zero attached hydrogens (tertiary/aromatic N) is 1. The van der Waals surface area contributed by atoms with Gasteiger partial charge in [0.25, 0.3) is 0 Å². The third kappa shape index (κ3) is 12.7. The number of esters is 1. The van der Waals surface area contributed by atoms with Crippen molar-refractivity contribution in [3.05, 3.63) is 24.0 Å². The normalized spacial score (nSPS) is 19.3. The molecule has 0 aromatic rings. The second kappa shape index (κ2) is 15.0. The molecule has 0 aromatic carbocycles. The van der Waals surface area contributed by atoms with Crippen LogP contribution in [0.5, 0.6) is 0 Å². The van der Waals surface area contributed by atoms with Crippen molar-refractivity contribution in [3.8, 4) is 0 Å². The lowest BCUT2D eigenvalue weighted by atomic mass is 10.1. The van der Waals surface area contributed by atoms with Crippen LogP contribution in [0.1, 0.15) is 60.8 Å². The van der Waals surface area contributed by atoms with Gasteiger partial charge in [-0.1, -0.05) is 47.6 Å². The third-order valence-corrected chi connectivity index (χ3v) is 4.53. The fourth-order valence-corrected chi connectivity index (χ4v) is 2.29. The third-order valence-electron chi connectivity index (χ3n) is 4.53. The summed E-state index contributed by atoms with van der Waals surface area (Å²) in [5.41, 5.74) is 5.86. The summed E-state index contributed by atoms with van der Waals surface area (Å²) in [4.78, 5) is 43.9. The van der Waals surface area contributed by atoms with E-state index in [2.05, 4.69) is 0 Å². The molecule has 2 aliphatic rings. The maximum atomic E-state index is 11.4. The van der Waals surface area contributed by atoms with E-state index in [9.17, 15) is 19.2 Å². The van der Waals surface area contributed by atoms with Gasteiger partial charge in [-0.2, -0.15) is 0 Å². The molecule has 10 nitrogen and oxygen atoms in total. The van der Waals surface area contributed by atoms with Crippen molar-refractivity contribution in [2.75, 3.05) is 6.61 Å². The van der Waals surface area contributed by atoms with Gasteiger partial charge < -0.3 is 30.3 Å². The number of carbonyl (C=O) groups is 4. The van der Waals surface area contributed by atoms with Crippen molar-refractivity contribution in [2.45, 2.75) is 73.1 Å². The Labute approximate surface area is 195 Å². The lowest BCUT2D eigenvalue weighted by Crippen LogP contribution is -2.31. The summed E-state index contributed by atoms with van der Waals surface area (Å²) in [5.74, 6) is -2.70. The SMILES string of the molecule is CC(C)C(=O)O.CC(C)C(=O)O.CC(C)C(=O)OC[C@@H]1CC[C@H](N2C=CCC(C(N)=O)=C2)O1. The fourth-order valence-electron chi connectivity index (χ4n) is 2.29. The van der Waals surface area contributed by atoms with Crippen LogP contribution in [0.2, 0.25) is 0 Å². The molecule has 0 radical (unpaired) electrons. The quantitative estimate of drug-likeness (QED) is 0.476. The van der Waals surface area contributed by atoms with Gasteiger partial charge in [0.1, 0.15) is 12.8 Å². The minimum Gasteiger partial charge on any atom is -0.481 e. The summed E-state index contributed by atoms with van der Waals surface area (Å²) in [6.07, 6.45) is 7.45. The maximum Gasteiger partial charge on any atom is 0.308 e. The van der Waals surface area contributed by atoms with Crippen LogP contribution in [0.25, 0.3) is 0 Å². The van der Waals surface area contributed by atoms with E-state index in [1.54, 1.807) is 47.7 Å². The van der Waals surface area contributed by atoms with E-state index in [1.165, 1.54) is 0 Å². The highest BCUT2D eigenvalue weighted by molar-refractivity contribution is 5.92. The van der Waals surface area contributed by atoms with Crippen LogP contribution in [0.15, 0.2) is 24.0 Å². The van der Waals surface area contributed by atoms with Crippen molar-refractivity contribution in [2.24, 2.45) is 23.5 Å². The van der Waals surface area contributed by atoms with Gasteiger partial charge in [-0.15, -0.1) is 0 Å². The average Bonchev–Trinajstić information content (AvgIpc) is 3.21. The highest BCUT2D eigenvalue weighted by Gasteiger charge is 2.30. The zero-order valence-electron chi connectivity index (χ0n) is 20.3. The summed E-state index contributed by atoms with van der Waals surface area (Å²) in [7, 11) is 0. The molecule has 1 fully saturated rings. The predicted octanol–water partition coefficient (Wildman–Crippen LogP) is 2.73. The highest BCUT2D eigenvalue weighted by atomic mass is 16.6. The number of amides is 1. The second-order valence-corrected chi connectivity index (χ2v) is 8.62. The largest absolute Gasteiger partial charge is 0.481 e. The Bertz CT molecular complexity index is 710. The molecule has 1 amide bonds. The van der Waals surface area contributed by atoms with Crippen LogP contribution in [0.3, 0.4) is 0 Å². The lowest BCUT2D eigenvalue weighted by Gasteiger charge is -2.27. The van der Waals surface area contributed by atoms with Crippen LogP contribution < -0.4 is 5.73 Å². The van der Waals surface area contributed by atoms with Crippen molar-refractivity contribution in [1.29, 1.82) is 0 Å². The van der Waals surface area contributed by atoms with Crippen LogP contribution in [0.4, 0.5) is 0 Å². The second-order valence-electron chi connectivity index (χ2n) is 8.62. The Morgan fingerprint density at radius 1 is 1.03 bits per heavy atom. The van der Waals surface area contributed by atoms with Gasteiger partial charge in [0.15, 0.2) is 0 Å². The Kier molecular flexibility index (Phi) is 13.7. The van der Waals surface area contributed by atoms with E-state index >= 15 is 0 Å². The summed E-state index contributed by atoms with van der Waals surface area (Å²) in [6.45, 7) is 10.4. The predicted molar refractivity (Wildman–Crippen MR) is 122 cm³/mol. The molecular weight excluding hydrogens is 432 g/mol. The van der Waals surface area contributed by atoms with Gasteiger partial charge in [-0.3, -0.25) is 19.2 Å². The fraction of sp³-hybridized carbons (Fsp3) is 0.652. The summed E-state index contributed by atoms with van der Waals surface area (Å²) in [5, 5.41) is 16.0. The molecule has 0 unspecified atom stereocenters. The van der Waals surface area contributed by atoms with E-state index in [4.69, 9.17) is 25.4 Å². The van der Waals surface area contributed by atoms with Crippen LogP contribution in [-0.2, 0) is 28.7 Å². The van der Waals surface area contributed by atoms with Gasteiger partial charge in [0.05, 0.1) is 23.9 Å². The van der Waals surface area contributed by atoms with Gasteiger partial charge in [0, 0.05) is 18.0 Å². The lowest BCUT2D eigenvalue weighted by molar-refractivity contribution is -0.152.